The third-order valence-corrected chi connectivity index (χ3v) is 4.73. The highest BCUT2D eigenvalue weighted by molar-refractivity contribution is 5.78. The highest BCUT2D eigenvalue weighted by Gasteiger charge is 2.20. The van der Waals surface area contributed by atoms with Crippen LogP contribution < -0.4 is 0 Å². The molecule has 0 bridgehead atoms. The Morgan fingerprint density at radius 1 is 0.647 bits per heavy atom. The van der Waals surface area contributed by atoms with Crippen molar-refractivity contribution in [1.29, 1.82) is 0 Å². The van der Waals surface area contributed by atoms with Crippen LogP contribution in [0.5, 0.6) is 0 Å². The fourth-order valence-corrected chi connectivity index (χ4v) is 3.69. The molecule has 2 rings (SSSR count). The van der Waals surface area contributed by atoms with E-state index in [0.29, 0.717) is 5.78 Å². The van der Waals surface area contributed by atoms with Crippen molar-refractivity contribution >= 4 is 5.78 Å². The Labute approximate surface area is 106 Å². The molecule has 0 amide bonds. The van der Waals surface area contributed by atoms with Gasteiger partial charge in [-0.2, -0.15) is 0 Å². The third-order valence-electron chi connectivity index (χ3n) is 4.73. The van der Waals surface area contributed by atoms with E-state index in [2.05, 4.69) is 0 Å². The maximum Gasteiger partial charge on any atom is 0.133 e. The van der Waals surface area contributed by atoms with E-state index in [4.69, 9.17) is 0 Å². The van der Waals surface area contributed by atoms with E-state index in [1.807, 2.05) is 0 Å². The summed E-state index contributed by atoms with van der Waals surface area (Å²) < 4.78 is 0. The van der Waals surface area contributed by atoms with Gasteiger partial charge in [-0.1, -0.05) is 70.6 Å². The van der Waals surface area contributed by atoms with Gasteiger partial charge in [-0.3, -0.25) is 4.79 Å². The van der Waals surface area contributed by atoms with Crippen LogP contribution in [0.3, 0.4) is 0 Å². The SMILES string of the molecule is O=C(CC1CCCCCC1)CC1CCCCC1. The predicted octanol–water partition coefficient (Wildman–Crippen LogP) is 4.89. The smallest absolute Gasteiger partial charge is 0.133 e. The summed E-state index contributed by atoms with van der Waals surface area (Å²) in [6.07, 6.45) is 16.7. The zero-order chi connectivity index (χ0) is 11.9. The van der Waals surface area contributed by atoms with Gasteiger partial charge in [0.25, 0.3) is 0 Å². The Kier molecular flexibility index (Phi) is 5.54. The number of hydrogen-bond donors (Lipinski definition) is 0. The zero-order valence-corrected chi connectivity index (χ0v) is 11.3. The van der Waals surface area contributed by atoms with Crippen molar-refractivity contribution in [2.24, 2.45) is 11.8 Å². The second-order valence-corrected chi connectivity index (χ2v) is 6.31. The summed E-state index contributed by atoms with van der Waals surface area (Å²) in [5.41, 5.74) is 0. The maximum absolute atomic E-state index is 12.1. The molecule has 17 heavy (non-hydrogen) atoms. The summed E-state index contributed by atoms with van der Waals surface area (Å²) in [6.45, 7) is 0. The predicted molar refractivity (Wildman–Crippen MR) is 72.0 cm³/mol. The molecule has 0 aromatic heterocycles. The van der Waals surface area contributed by atoms with Crippen LogP contribution in [0.4, 0.5) is 0 Å². The Morgan fingerprint density at radius 2 is 1.00 bits per heavy atom. The van der Waals surface area contributed by atoms with Gasteiger partial charge >= 0.3 is 0 Å². The van der Waals surface area contributed by atoms with E-state index >= 15 is 0 Å². The molecule has 0 aliphatic heterocycles. The molecule has 2 fully saturated rings. The van der Waals surface area contributed by atoms with Crippen LogP contribution in [0.2, 0.25) is 0 Å². The summed E-state index contributed by atoms with van der Waals surface area (Å²) >= 11 is 0. The lowest BCUT2D eigenvalue weighted by atomic mass is 9.83. The number of carbonyl (C=O) groups is 1. The summed E-state index contributed by atoms with van der Waals surface area (Å²) in [4.78, 5) is 12.1. The molecule has 98 valence electrons. The first-order valence-corrected chi connectivity index (χ1v) is 7.86. The van der Waals surface area contributed by atoms with Gasteiger partial charge in [-0.05, 0) is 11.8 Å². The van der Waals surface area contributed by atoms with Gasteiger partial charge in [0.2, 0.25) is 0 Å². The lowest BCUT2D eigenvalue weighted by Gasteiger charge is -2.21. The molecule has 0 unspecified atom stereocenters. The summed E-state index contributed by atoms with van der Waals surface area (Å²) in [5.74, 6) is 2.04. The van der Waals surface area contributed by atoms with Crippen molar-refractivity contribution in [3.63, 3.8) is 0 Å². The molecule has 0 N–H and O–H groups in total. The second kappa shape index (κ2) is 7.18. The van der Waals surface area contributed by atoms with Gasteiger partial charge in [0.1, 0.15) is 5.78 Å². The minimum atomic E-state index is 0.573. The maximum atomic E-state index is 12.1. The van der Waals surface area contributed by atoms with Crippen molar-refractivity contribution in [3.8, 4) is 0 Å². The van der Waals surface area contributed by atoms with E-state index in [0.717, 1.165) is 24.7 Å². The molecule has 0 heterocycles. The Morgan fingerprint density at radius 3 is 1.41 bits per heavy atom. The van der Waals surface area contributed by atoms with Gasteiger partial charge in [0.15, 0.2) is 0 Å². The van der Waals surface area contributed by atoms with Crippen LogP contribution in [-0.4, -0.2) is 5.78 Å². The van der Waals surface area contributed by atoms with Crippen molar-refractivity contribution in [3.05, 3.63) is 0 Å². The summed E-state index contributed by atoms with van der Waals surface area (Å²) in [7, 11) is 0. The van der Waals surface area contributed by atoms with Crippen LogP contribution >= 0.6 is 0 Å². The molecule has 1 nitrogen and oxygen atoms in total. The van der Waals surface area contributed by atoms with Crippen molar-refractivity contribution in [2.75, 3.05) is 0 Å². The lowest BCUT2D eigenvalue weighted by molar-refractivity contribution is -0.121. The van der Waals surface area contributed by atoms with Crippen LogP contribution in [0.25, 0.3) is 0 Å². The molecule has 2 aliphatic rings. The van der Waals surface area contributed by atoms with Crippen molar-refractivity contribution < 1.29 is 4.79 Å². The fourth-order valence-electron chi connectivity index (χ4n) is 3.69. The van der Waals surface area contributed by atoms with Crippen molar-refractivity contribution in [1.82, 2.24) is 0 Å². The highest BCUT2D eigenvalue weighted by atomic mass is 16.1. The summed E-state index contributed by atoms with van der Waals surface area (Å²) in [5, 5.41) is 0. The Hall–Kier alpha value is -0.330. The van der Waals surface area contributed by atoms with Gasteiger partial charge < -0.3 is 0 Å². The van der Waals surface area contributed by atoms with Crippen molar-refractivity contribution in [2.45, 2.75) is 83.5 Å². The largest absolute Gasteiger partial charge is 0.300 e. The van der Waals surface area contributed by atoms with E-state index in [9.17, 15) is 4.79 Å². The first-order chi connectivity index (χ1) is 8.34. The van der Waals surface area contributed by atoms with Gasteiger partial charge in [-0.25, -0.2) is 0 Å². The molecule has 2 saturated carbocycles. The van der Waals surface area contributed by atoms with E-state index in [1.54, 1.807) is 0 Å². The Balaban J connectivity index is 1.68. The third kappa shape index (κ3) is 4.81. The number of hydrogen-bond acceptors (Lipinski definition) is 1. The van der Waals surface area contributed by atoms with Gasteiger partial charge in [0, 0.05) is 12.8 Å². The summed E-state index contributed by atoms with van der Waals surface area (Å²) in [6, 6.07) is 0. The molecule has 0 radical (unpaired) electrons. The minimum Gasteiger partial charge on any atom is -0.300 e. The number of ketones is 1. The highest BCUT2D eigenvalue weighted by Crippen LogP contribution is 2.30. The standard InChI is InChI=1S/C16H28O/c17-16(13-15-10-6-3-7-11-15)12-14-8-4-1-2-5-9-14/h14-15H,1-13H2. The lowest BCUT2D eigenvalue weighted by Crippen LogP contribution is -2.15. The normalized spacial score (nSPS) is 24.5. The molecular formula is C16H28O. The quantitative estimate of drug-likeness (QED) is 0.635. The average molecular weight is 236 g/mol. The van der Waals surface area contributed by atoms with Gasteiger partial charge in [0.05, 0.1) is 0 Å². The van der Waals surface area contributed by atoms with E-state index in [1.165, 1.54) is 70.6 Å². The molecule has 2 aliphatic carbocycles. The number of carbonyl (C=O) groups excluding carboxylic acids is 1. The average Bonchev–Trinajstić information content (AvgIpc) is 2.59. The first-order valence-electron chi connectivity index (χ1n) is 7.86. The molecule has 0 spiro atoms. The molecule has 0 aromatic rings. The molecule has 0 aromatic carbocycles. The molecule has 0 atom stereocenters. The first kappa shape index (κ1) is 13.1. The van der Waals surface area contributed by atoms with Crippen LogP contribution in [0.15, 0.2) is 0 Å². The van der Waals surface area contributed by atoms with Gasteiger partial charge in [-0.15, -0.1) is 0 Å². The zero-order valence-electron chi connectivity index (χ0n) is 11.3. The number of rotatable bonds is 4. The molecule has 0 saturated heterocycles. The second-order valence-electron chi connectivity index (χ2n) is 6.31. The number of Topliss-reactive ketones (excluding diaryl/α,β-unsaturated/α-hetero) is 1. The Bertz CT molecular complexity index is 220. The van der Waals surface area contributed by atoms with Crippen LogP contribution in [-0.2, 0) is 4.79 Å². The molecule has 1 heteroatoms. The van der Waals surface area contributed by atoms with E-state index in [-0.39, 0.29) is 0 Å². The van der Waals surface area contributed by atoms with E-state index < -0.39 is 0 Å². The fraction of sp³-hybridized carbons (Fsp3) is 0.938. The minimum absolute atomic E-state index is 0.573. The van der Waals surface area contributed by atoms with Crippen LogP contribution in [0.1, 0.15) is 83.5 Å². The van der Waals surface area contributed by atoms with Crippen LogP contribution in [0, 0.1) is 11.8 Å². The molecular weight excluding hydrogens is 208 g/mol. The topological polar surface area (TPSA) is 17.1 Å². The monoisotopic (exact) mass is 236 g/mol.